The number of carbonyl (C=O) groups excluding carboxylic acids is 2. The van der Waals surface area contributed by atoms with Gasteiger partial charge in [0, 0.05) is 5.57 Å². The summed E-state index contributed by atoms with van der Waals surface area (Å²) in [6.07, 6.45) is -0.786. The Balaban J connectivity index is 4.82. The molecule has 0 aromatic rings. The summed E-state index contributed by atoms with van der Waals surface area (Å²) in [4.78, 5) is 44.4. The summed E-state index contributed by atoms with van der Waals surface area (Å²) >= 11 is 0. The quantitative estimate of drug-likeness (QED) is 0.445. The molecule has 0 spiro atoms. The zero-order chi connectivity index (χ0) is 16.1. The minimum atomic E-state index is -1.54. The van der Waals surface area contributed by atoms with E-state index in [4.69, 9.17) is 10.2 Å². The number of ether oxygens (including phenoxy) is 1. The maximum absolute atomic E-state index is 11.4. The van der Waals surface area contributed by atoms with E-state index in [1.54, 1.807) is 20.8 Å². The molecule has 0 radical (unpaired) electrons. The molecule has 0 bridgehead atoms. The molecule has 0 unspecified atom stereocenters. The van der Waals surface area contributed by atoms with Crippen molar-refractivity contribution in [1.29, 1.82) is 0 Å². The monoisotopic (exact) mass is 286 g/mol. The molecule has 0 aliphatic heterocycles. The number of carboxylic acids is 2. The first kappa shape index (κ1) is 17.8. The number of carbonyl (C=O) groups is 4. The van der Waals surface area contributed by atoms with Crippen LogP contribution in [0.1, 0.15) is 40.5 Å². The lowest BCUT2D eigenvalue weighted by Crippen LogP contribution is -2.21. The van der Waals surface area contributed by atoms with Gasteiger partial charge in [-0.1, -0.05) is 20.8 Å². The summed E-state index contributed by atoms with van der Waals surface area (Å²) in [6, 6.07) is 0. The molecular weight excluding hydrogens is 268 g/mol. The van der Waals surface area contributed by atoms with E-state index in [9.17, 15) is 19.2 Å². The Labute approximate surface area is 116 Å². The van der Waals surface area contributed by atoms with Crippen LogP contribution in [0.3, 0.4) is 0 Å². The molecule has 0 fully saturated rings. The van der Waals surface area contributed by atoms with Crippen molar-refractivity contribution < 1.29 is 34.1 Å². The number of esters is 2. The van der Waals surface area contributed by atoms with Crippen molar-refractivity contribution in [1.82, 2.24) is 0 Å². The lowest BCUT2D eigenvalue weighted by Gasteiger charge is -2.16. The van der Waals surface area contributed by atoms with Gasteiger partial charge >= 0.3 is 23.9 Å². The second-order valence-corrected chi connectivity index (χ2v) is 5.47. The number of carboxylic acid groups (broad SMARTS) is 2. The minimum absolute atomic E-state index is 0.0111. The summed E-state index contributed by atoms with van der Waals surface area (Å²) in [6.45, 7) is 6.39. The molecule has 7 nitrogen and oxygen atoms in total. The standard InChI is InChI=1S/C13H18O7/c1-7(11(16)17)8(12(18)19)5-9(14)20-10(15)6-13(2,3)4/h5-6H2,1-4H3,(H,16,17)(H,18,19)/b8-7+. The molecule has 0 atom stereocenters. The first-order valence-electron chi connectivity index (χ1n) is 5.84. The average Bonchev–Trinajstić information content (AvgIpc) is 2.21. The van der Waals surface area contributed by atoms with Crippen molar-refractivity contribution in [2.45, 2.75) is 40.5 Å². The highest BCUT2D eigenvalue weighted by Gasteiger charge is 2.24. The zero-order valence-electron chi connectivity index (χ0n) is 11.8. The molecule has 0 heterocycles. The SMILES string of the molecule is C/C(C(=O)O)=C(/CC(=O)OC(=O)CC(C)(C)C)C(=O)O. The van der Waals surface area contributed by atoms with Gasteiger partial charge < -0.3 is 14.9 Å². The van der Waals surface area contributed by atoms with Gasteiger partial charge in [-0.25, -0.2) is 9.59 Å². The molecule has 0 rings (SSSR count). The third-order valence-corrected chi connectivity index (χ3v) is 2.26. The van der Waals surface area contributed by atoms with Gasteiger partial charge in [-0.3, -0.25) is 9.59 Å². The highest BCUT2D eigenvalue weighted by Crippen LogP contribution is 2.19. The number of aliphatic carboxylic acids is 2. The predicted molar refractivity (Wildman–Crippen MR) is 67.8 cm³/mol. The summed E-state index contributed by atoms with van der Waals surface area (Å²) in [7, 11) is 0. The van der Waals surface area contributed by atoms with Crippen molar-refractivity contribution in [3.63, 3.8) is 0 Å². The third kappa shape index (κ3) is 6.67. The molecule has 0 aromatic heterocycles. The third-order valence-electron chi connectivity index (χ3n) is 2.26. The van der Waals surface area contributed by atoms with Crippen LogP contribution < -0.4 is 0 Å². The maximum atomic E-state index is 11.4. The van der Waals surface area contributed by atoms with Crippen LogP contribution >= 0.6 is 0 Å². The van der Waals surface area contributed by atoms with E-state index in [2.05, 4.69) is 4.74 Å². The largest absolute Gasteiger partial charge is 0.478 e. The lowest BCUT2D eigenvalue weighted by molar-refractivity contribution is -0.161. The van der Waals surface area contributed by atoms with Crippen molar-refractivity contribution in [2.24, 2.45) is 5.41 Å². The average molecular weight is 286 g/mol. The van der Waals surface area contributed by atoms with E-state index in [0.29, 0.717) is 0 Å². The van der Waals surface area contributed by atoms with Crippen LogP contribution in [-0.2, 0) is 23.9 Å². The molecule has 0 amide bonds. The summed E-state index contributed by atoms with van der Waals surface area (Å²) < 4.78 is 4.47. The van der Waals surface area contributed by atoms with Crippen molar-refractivity contribution in [2.75, 3.05) is 0 Å². The molecule has 7 heteroatoms. The summed E-state index contributed by atoms with van der Waals surface area (Å²) in [5, 5.41) is 17.6. The van der Waals surface area contributed by atoms with Crippen LogP contribution in [0.4, 0.5) is 0 Å². The Bertz CT molecular complexity index is 466. The molecule has 0 saturated heterocycles. The molecule has 112 valence electrons. The second kappa shape index (κ2) is 6.83. The smallest absolute Gasteiger partial charge is 0.332 e. The fourth-order valence-electron chi connectivity index (χ4n) is 1.27. The van der Waals surface area contributed by atoms with Gasteiger partial charge in [0.2, 0.25) is 0 Å². The molecule has 0 saturated carbocycles. The predicted octanol–water partition coefficient (Wildman–Crippen LogP) is 1.37. The Morgan fingerprint density at radius 3 is 1.80 bits per heavy atom. The van der Waals surface area contributed by atoms with E-state index in [1.807, 2.05) is 0 Å². The van der Waals surface area contributed by atoms with Gasteiger partial charge in [-0.15, -0.1) is 0 Å². The number of hydrogen-bond acceptors (Lipinski definition) is 5. The van der Waals surface area contributed by atoms with E-state index < -0.39 is 41.4 Å². The zero-order valence-corrected chi connectivity index (χ0v) is 11.8. The van der Waals surface area contributed by atoms with Crippen LogP contribution in [-0.4, -0.2) is 34.1 Å². The van der Waals surface area contributed by atoms with Crippen LogP contribution in [0, 0.1) is 5.41 Å². The van der Waals surface area contributed by atoms with Gasteiger partial charge in [0.05, 0.1) is 18.4 Å². The van der Waals surface area contributed by atoms with Gasteiger partial charge in [0.1, 0.15) is 0 Å². The topological polar surface area (TPSA) is 118 Å². The molecule has 0 aliphatic rings. The van der Waals surface area contributed by atoms with Gasteiger partial charge in [0.25, 0.3) is 0 Å². The molecule has 0 aromatic carbocycles. The normalized spacial score (nSPS) is 12.4. The van der Waals surface area contributed by atoms with Crippen molar-refractivity contribution in [3.8, 4) is 0 Å². The first-order valence-corrected chi connectivity index (χ1v) is 5.84. The molecule has 0 aliphatic carbocycles. The summed E-state index contributed by atoms with van der Waals surface area (Å²) in [5.41, 5.74) is -1.46. The van der Waals surface area contributed by atoms with E-state index >= 15 is 0 Å². The van der Waals surface area contributed by atoms with Gasteiger partial charge in [0.15, 0.2) is 0 Å². The maximum Gasteiger partial charge on any atom is 0.332 e. The van der Waals surface area contributed by atoms with Crippen LogP contribution in [0.15, 0.2) is 11.1 Å². The molecule has 20 heavy (non-hydrogen) atoms. The highest BCUT2D eigenvalue weighted by molar-refractivity contribution is 6.02. The summed E-state index contributed by atoms with van der Waals surface area (Å²) in [5.74, 6) is -4.85. The van der Waals surface area contributed by atoms with Crippen molar-refractivity contribution >= 4 is 23.9 Å². The minimum Gasteiger partial charge on any atom is -0.478 e. The Morgan fingerprint density at radius 2 is 1.45 bits per heavy atom. The van der Waals surface area contributed by atoms with Gasteiger partial charge in [-0.05, 0) is 12.3 Å². The number of hydrogen-bond donors (Lipinski definition) is 2. The van der Waals surface area contributed by atoms with Gasteiger partial charge in [-0.2, -0.15) is 0 Å². The Hall–Kier alpha value is -2.18. The van der Waals surface area contributed by atoms with Crippen LogP contribution in [0.5, 0.6) is 0 Å². The second-order valence-electron chi connectivity index (χ2n) is 5.47. The van der Waals surface area contributed by atoms with E-state index in [-0.39, 0.29) is 11.8 Å². The Kier molecular flexibility index (Phi) is 6.09. The van der Waals surface area contributed by atoms with Crippen LogP contribution in [0.25, 0.3) is 0 Å². The van der Waals surface area contributed by atoms with E-state index in [0.717, 1.165) is 6.92 Å². The van der Waals surface area contributed by atoms with E-state index in [1.165, 1.54) is 0 Å². The Morgan fingerprint density at radius 1 is 0.950 bits per heavy atom. The fraction of sp³-hybridized carbons (Fsp3) is 0.538. The highest BCUT2D eigenvalue weighted by atomic mass is 16.6. The fourth-order valence-corrected chi connectivity index (χ4v) is 1.27. The van der Waals surface area contributed by atoms with Crippen LogP contribution in [0.2, 0.25) is 0 Å². The number of rotatable bonds is 5. The molecule has 2 N–H and O–H groups in total. The first-order chi connectivity index (χ1) is 8.94. The van der Waals surface area contributed by atoms with Crippen molar-refractivity contribution in [3.05, 3.63) is 11.1 Å². The molecular formula is C13H18O7. The lowest BCUT2D eigenvalue weighted by atomic mass is 9.92.